The van der Waals surface area contributed by atoms with Crippen LogP contribution in [0.2, 0.25) is 0 Å². The molecule has 2 aromatic rings. The summed E-state index contributed by atoms with van der Waals surface area (Å²) in [7, 11) is -4.08. The normalized spacial score (nSPS) is 10.4. The standard InChI is InChI=1S/C7H8O.C6H7NO3S/c1-6-4-2-3-5-7(6)8;7-5-1-3-6(4-2-5)11(8,9)10/h2-5,8H,1H3;1-4H,7H2,(H,8,9,10). The van der Waals surface area contributed by atoms with Gasteiger partial charge in [0.15, 0.2) is 0 Å². The fourth-order valence-corrected chi connectivity index (χ4v) is 1.68. The molecule has 0 bridgehead atoms. The van der Waals surface area contributed by atoms with Crippen LogP contribution < -0.4 is 5.73 Å². The lowest BCUT2D eigenvalue weighted by Gasteiger charge is -1.95. The lowest BCUT2D eigenvalue weighted by molar-refractivity contribution is 0.471. The number of phenolic OH excluding ortho intramolecular Hbond substituents is 1. The quantitative estimate of drug-likeness (QED) is 0.549. The fourth-order valence-electron chi connectivity index (χ4n) is 1.20. The molecule has 0 aliphatic carbocycles. The molecule has 0 heterocycles. The van der Waals surface area contributed by atoms with Gasteiger partial charge in [-0.05, 0) is 42.8 Å². The van der Waals surface area contributed by atoms with Gasteiger partial charge >= 0.3 is 0 Å². The van der Waals surface area contributed by atoms with Crippen LogP contribution in [-0.4, -0.2) is 18.1 Å². The highest BCUT2D eigenvalue weighted by molar-refractivity contribution is 7.85. The Balaban J connectivity index is 0.000000200. The van der Waals surface area contributed by atoms with Crippen LogP contribution in [0.1, 0.15) is 5.56 Å². The van der Waals surface area contributed by atoms with E-state index >= 15 is 0 Å². The van der Waals surface area contributed by atoms with Crippen LogP contribution >= 0.6 is 0 Å². The zero-order chi connectivity index (χ0) is 14.5. The Labute approximate surface area is 112 Å². The van der Waals surface area contributed by atoms with E-state index in [-0.39, 0.29) is 4.90 Å². The molecule has 0 atom stereocenters. The average molecular weight is 281 g/mol. The van der Waals surface area contributed by atoms with E-state index in [1.165, 1.54) is 24.3 Å². The summed E-state index contributed by atoms with van der Waals surface area (Å²) in [4.78, 5) is -0.147. The third-order valence-electron chi connectivity index (χ3n) is 2.29. The van der Waals surface area contributed by atoms with Crippen molar-refractivity contribution >= 4 is 15.8 Å². The van der Waals surface area contributed by atoms with Crippen molar-refractivity contribution in [3.05, 3.63) is 54.1 Å². The maximum atomic E-state index is 10.5. The van der Waals surface area contributed by atoms with E-state index in [0.29, 0.717) is 11.4 Å². The molecule has 0 aliphatic heterocycles. The zero-order valence-corrected chi connectivity index (χ0v) is 11.1. The first-order valence-corrected chi connectivity index (χ1v) is 6.82. The second kappa shape index (κ2) is 6.21. The van der Waals surface area contributed by atoms with Gasteiger partial charge in [0, 0.05) is 5.69 Å². The number of nitrogen functional groups attached to an aromatic ring is 1. The molecule has 4 N–H and O–H groups in total. The molecule has 0 saturated carbocycles. The topological polar surface area (TPSA) is 101 Å². The first kappa shape index (κ1) is 15.0. The van der Waals surface area contributed by atoms with Gasteiger partial charge in [-0.2, -0.15) is 8.42 Å². The van der Waals surface area contributed by atoms with Gasteiger partial charge in [-0.15, -0.1) is 0 Å². The summed E-state index contributed by atoms with van der Waals surface area (Å²) in [5.74, 6) is 0.368. The van der Waals surface area contributed by atoms with Crippen molar-refractivity contribution in [2.45, 2.75) is 11.8 Å². The van der Waals surface area contributed by atoms with Crippen LogP contribution in [0.4, 0.5) is 5.69 Å². The summed E-state index contributed by atoms with van der Waals surface area (Å²) in [5.41, 5.74) is 6.67. The minimum Gasteiger partial charge on any atom is -0.508 e. The van der Waals surface area contributed by atoms with Gasteiger partial charge < -0.3 is 10.8 Å². The van der Waals surface area contributed by atoms with Crippen LogP contribution in [-0.2, 0) is 10.1 Å². The number of para-hydroxylation sites is 1. The van der Waals surface area contributed by atoms with E-state index < -0.39 is 10.1 Å². The van der Waals surface area contributed by atoms with Crippen molar-refractivity contribution in [3.8, 4) is 5.75 Å². The van der Waals surface area contributed by atoms with Gasteiger partial charge in [-0.3, -0.25) is 4.55 Å². The summed E-state index contributed by atoms with van der Waals surface area (Å²) in [6, 6.07) is 12.5. The number of nitrogens with two attached hydrogens (primary N) is 1. The number of rotatable bonds is 1. The molecule has 0 aromatic heterocycles. The number of hydrogen-bond acceptors (Lipinski definition) is 4. The van der Waals surface area contributed by atoms with Gasteiger partial charge in [0.25, 0.3) is 10.1 Å². The van der Waals surface area contributed by atoms with E-state index in [1.54, 1.807) is 6.07 Å². The highest BCUT2D eigenvalue weighted by atomic mass is 32.2. The van der Waals surface area contributed by atoms with Crippen molar-refractivity contribution in [3.63, 3.8) is 0 Å². The van der Waals surface area contributed by atoms with Crippen molar-refractivity contribution in [2.75, 3.05) is 5.73 Å². The predicted octanol–water partition coefficient (Wildman–Crippen LogP) is 2.22. The maximum absolute atomic E-state index is 10.5. The first-order valence-electron chi connectivity index (χ1n) is 5.38. The maximum Gasteiger partial charge on any atom is 0.294 e. The van der Waals surface area contributed by atoms with Crippen LogP contribution in [0.5, 0.6) is 5.75 Å². The second-order valence-corrected chi connectivity index (χ2v) is 5.25. The average Bonchev–Trinajstić information content (AvgIpc) is 2.33. The highest BCUT2D eigenvalue weighted by Crippen LogP contribution is 2.12. The number of phenols is 1. The number of benzene rings is 2. The minimum atomic E-state index is -4.08. The summed E-state index contributed by atoms with van der Waals surface area (Å²) >= 11 is 0. The van der Waals surface area contributed by atoms with Gasteiger partial charge in [-0.1, -0.05) is 18.2 Å². The van der Waals surface area contributed by atoms with Crippen LogP contribution in [0.25, 0.3) is 0 Å². The van der Waals surface area contributed by atoms with E-state index in [0.717, 1.165) is 5.56 Å². The first-order chi connectivity index (χ1) is 8.80. The monoisotopic (exact) mass is 281 g/mol. The van der Waals surface area contributed by atoms with E-state index in [1.807, 2.05) is 25.1 Å². The number of aryl methyl sites for hydroxylation is 1. The van der Waals surface area contributed by atoms with Crippen molar-refractivity contribution in [1.82, 2.24) is 0 Å². The Hall–Kier alpha value is -2.05. The fraction of sp³-hybridized carbons (Fsp3) is 0.0769. The predicted molar refractivity (Wildman–Crippen MR) is 73.5 cm³/mol. The lowest BCUT2D eigenvalue weighted by atomic mass is 10.2. The summed E-state index contributed by atoms with van der Waals surface area (Å²) in [6.45, 7) is 1.87. The summed E-state index contributed by atoms with van der Waals surface area (Å²) < 4.78 is 29.4. The Morgan fingerprint density at radius 2 is 1.53 bits per heavy atom. The zero-order valence-electron chi connectivity index (χ0n) is 10.3. The van der Waals surface area contributed by atoms with Crippen LogP contribution in [0, 0.1) is 6.92 Å². The number of anilines is 1. The SMILES string of the molecule is Cc1ccccc1O.Nc1ccc(S(=O)(=O)O)cc1. The molecule has 0 amide bonds. The van der Waals surface area contributed by atoms with Gasteiger partial charge in [0.1, 0.15) is 5.75 Å². The molecule has 2 aromatic carbocycles. The van der Waals surface area contributed by atoms with E-state index in [4.69, 9.17) is 15.4 Å². The largest absolute Gasteiger partial charge is 0.508 e. The molecule has 0 aliphatic rings. The molecular formula is C13H15NO4S. The third-order valence-corrected chi connectivity index (χ3v) is 3.16. The molecule has 0 spiro atoms. The third kappa shape index (κ3) is 4.99. The van der Waals surface area contributed by atoms with Gasteiger partial charge in [0.2, 0.25) is 0 Å². The minimum absolute atomic E-state index is 0.147. The molecule has 5 nitrogen and oxygen atoms in total. The van der Waals surface area contributed by atoms with Crippen LogP contribution in [0.15, 0.2) is 53.4 Å². The van der Waals surface area contributed by atoms with Crippen molar-refractivity contribution in [1.29, 1.82) is 0 Å². The molecule has 102 valence electrons. The Morgan fingerprint density at radius 3 is 1.89 bits per heavy atom. The number of aromatic hydroxyl groups is 1. The Kier molecular flexibility index (Phi) is 4.91. The van der Waals surface area contributed by atoms with Crippen molar-refractivity contribution in [2.24, 2.45) is 0 Å². The molecule has 0 radical (unpaired) electrons. The van der Waals surface area contributed by atoms with Crippen molar-refractivity contribution < 1.29 is 18.1 Å². The summed E-state index contributed by atoms with van der Waals surface area (Å²) in [6.07, 6.45) is 0. The molecule has 0 fully saturated rings. The highest BCUT2D eigenvalue weighted by Gasteiger charge is 2.06. The van der Waals surface area contributed by atoms with Crippen LogP contribution in [0.3, 0.4) is 0 Å². The molecule has 2 rings (SSSR count). The van der Waals surface area contributed by atoms with E-state index in [2.05, 4.69) is 0 Å². The lowest BCUT2D eigenvalue weighted by Crippen LogP contribution is -1.97. The van der Waals surface area contributed by atoms with Gasteiger partial charge in [-0.25, -0.2) is 0 Å². The molecular weight excluding hydrogens is 266 g/mol. The molecule has 0 saturated heterocycles. The number of hydrogen-bond donors (Lipinski definition) is 3. The molecule has 6 heteroatoms. The molecule has 19 heavy (non-hydrogen) atoms. The summed E-state index contributed by atoms with van der Waals surface area (Å²) in [5, 5.41) is 8.92. The smallest absolute Gasteiger partial charge is 0.294 e. The Bertz CT molecular complexity index is 615. The molecule has 0 unspecified atom stereocenters. The van der Waals surface area contributed by atoms with Gasteiger partial charge in [0.05, 0.1) is 4.90 Å². The Morgan fingerprint density at radius 1 is 1.00 bits per heavy atom. The van der Waals surface area contributed by atoms with E-state index in [9.17, 15) is 8.42 Å². The second-order valence-electron chi connectivity index (χ2n) is 3.83.